The van der Waals surface area contributed by atoms with Gasteiger partial charge in [0.25, 0.3) is 0 Å². The van der Waals surface area contributed by atoms with Crippen LogP contribution in [0.4, 0.5) is 4.39 Å². The van der Waals surface area contributed by atoms with Crippen LogP contribution >= 0.6 is 0 Å². The first-order valence-electron chi connectivity index (χ1n) is 6.72. The number of hydrogen-bond donors (Lipinski definition) is 1. The second-order valence-corrected chi connectivity index (χ2v) is 4.83. The number of ether oxygens (including phenoxy) is 1. The number of pyridine rings is 1. The van der Waals surface area contributed by atoms with Crippen molar-refractivity contribution in [3.8, 4) is 0 Å². The first kappa shape index (κ1) is 13.4. The number of hydrogen-bond acceptors (Lipinski definition) is 3. The van der Waals surface area contributed by atoms with Crippen molar-refractivity contribution >= 4 is 0 Å². The Morgan fingerprint density at radius 1 is 1.56 bits per heavy atom. The molecule has 1 aliphatic heterocycles. The molecule has 2 rings (SSSR count). The van der Waals surface area contributed by atoms with Gasteiger partial charge >= 0.3 is 0 Å². The summed E-state index contributed by atoms with van der Waals surface area (Å²) in [5, 5.41) is 3.49. The van der Waals surface area contributed by atoms with E-state index in [1.54, 1.807) is 6.07 Å². The van der Waals surface area contributed by atoms with Crippen molar-refractivity contribution in [2.45, 2.75) is 32.2 Å². The molecule has 0 aromatic carbocycles. The third-order valence-electron chi connectivity index (χ3n) is 3.48. The van der Waals surface area contributed by atoms with E-state index in [-0.39, 0.29) is 11.9 Å². The summed E-state index contributed by atoms with van der Waals surface area (Å²) in [6.07, 6.45) is 4.55. The van der Waals surface area contributed by atoms with Crippen LogP contribution in [-0.2, 0) is 4.74 Å². The Morgan fingerprint density at radius 2 is 2.44 bits per heavy atom. The minimum Gasteiger partial charge on any atom is -0.381 e. The summed E-state index contributed by atoms with van der Waals surface area (Å²) >= 11 is 0. The van der Waals surface area contributed by atoms with Gasteiger partial charge in [0, 0.05) is 19.3 Å². The molecule has 1 aromatic heterocycles. The number of nitrogens with one attached hydrogen (secondary N) is 1. The number of halogens is 1. The highest BCUT2D eigenvalue weighted by molar-refractivity contribution is 5.09. The van der Waals surface area contributed by atoms with E-state index in [1.165, 1.54) is 18.7 Å². The summed E-state index contributed by atoms with van der Waals surface area (Å²) in [5.74, 6) is 0.410. The molecule has 0 saturated carbocycles. The van der Waals surface area contributed by atoms with Gasteiger partial charge in [-0.1, -0.05) is 6.92 Å². The standard InChI is InChI=1S/C14H21FN2O/c1-2-13(14-4-3-12(15)9-17-14)16-7-5-11-6-8-18-10-11/h3-4,9,11,13,16H,2,5-8,10H2,1H3. The van der Waals surface area contributed by atoms with E-state index >= 15 is 0 Å². The van der Waals surface area contributed by atoms with Gasteiger partial charge in [0.05, 0.1) is 11.9 Å². The summed E-state index contributed by atoms with van der Waals surface area (Å²) in [6.45, 7) is 4.88. The SMILES string of the molecule is CCC(NCCC1CCOC1)c1ccc(F)cn1. The fourth-order valence-electron chi connectivity index (χ4n) is 2.32. The molecule has 0 bridgehead atoms. The topological polar surface area (TPSA) is 34.1 Å². The molecular weight excluding hydrogens is 231 g/mol. The van der Waals surface area contributed by atoms with Gasteiger partial charge in [-0.25, -0.2) is 4.39 Å². The Labute approximate surface area is 108 Å². The lowest BCUT2D eigenvalue weighted by molar-refractivity contribution is 0.184. The van der Waals surface area contributed by atoms with Crippen LogP contribution in [0.25, 0.3) is 0 Å². The Bertz CT molecular complexity index is 349. The smallest absolute Gasteiger partial charge is 0.141 e. The van der Waals surface area contributed by atoms with Crippen LogP contribution in [0.15, 0.2) is 18.3 Å². The minimum atomic E-state index is -0.281. The molecule has 100 valence electrons. The van der Waals surface area contributed by atoms with E-state index in [9.17, 15) is 4.39 Å². The molecule has 4 heteroatoms. The largest absolute Gasteiger partial charge is 0.381 e. The highest BCUT2D eigenvalue weighted by Crippen LogP contribution is 2.18. The van der Waals surface area contributed by atoms with Crippen LogP contribution in [0.2, 0.25) is 0 Å². The maximum absolute atomic E-state index is 12.8. The zero-order valence-electron chi connectivity index (χ0n) is 10.9. The maximum atomic E-state index is 12.8. The van der Waals surface area contributed by atoms with Gasteiger partial charge in [0.15, 0.2) is 0 Å². The molecule has 18 heavy (non-hydrogen) atoms. The Balaban J connectivity index is 1.79. The van der Waals surface area contributed by atoms with E-state index in [0.717, 1.165) is 38.3 Å². The molecule has 0 radical (unpaired) electrons. The molecule has 2 unspecified atom stereocenters. The summed E-state index contributed by atoms with van der Waals surface area (Å²) in [6, 6.07) is 3.44. The van der Waals surface area contributed by atoms with Crippen LogP contribution in [0.5, 0.6) is 0 Å². The zero-order valence-corrected chi connectivity index (χ0v) is 10.9. The highest BCUT2D eigenvalue weighted by Gasteiger charge is 2.16. The molecule has 1 N–H and O–H groups in total. The van der Waals surface area contributed by atoms with Crippen molar-refractivity contribution in [3.05, 3.63) is 29.8 Å². The molecule has 1 aromatic rings. The number of nitrogens with zero attached hydrogens (tertiary/aromatic N) is 1. The third kappa shape index (κ3) is 3.75. The van der Waals surface area contributed by atoms with Crippen molar-refractivity contribution in [2.24, 2.45) is 5.92 Å². The van der Waals surface area contributed by atoms with E-state index < -0.39 is 0 Å². The van der Waals surface area contributed by atoms with Gasteiger partial charge in [0.2, 0.25) is 0 Å². The van der Waals surface area contributed by atoms with Gasteiger partial charge in [-0.3, -0.25) is 4.98 Å². The van der Waals surface area contributed by atoms with Crippen molar-refractivity contribution in [3.63, 3.8) is 0 Å². The third-order valence-corrected chi connectivity index (χ3v) is 3.48. The molecule has 2 atom stereocenters. The fraction of sp³-hybridized carbons (Fsp3) is 0.643. The second-order valence-electron chi connectivity index (χ2n) is 4.83. The van der Waals surface area contributed by atoms with Crippen LogP contribution < -0.4 is 5.32 Å². The lowest BCUT2D eigenvalue weighted by Crippen LogP contribution is -2.24. The summed E-state index contributed by atoms with van der Waals surface area (Å²) in [7, 11) is 0. The average molecular weight is 252 g/mol. The fourth-order valence-corrected chi connectivity index (χ4v) is 2.32. The maximum Gasteiger partial charge on any atom is 0.141 e. The van der Waals surface area contributed by atoms with Crippen molar-refractivity contribution in [1.29, 1.82) is 0 Å². The number of rotatable bonds is 6. The monoisotopic (exact) mass is 252 g/mol. The van der Waals surface area contributed by atoms with Crippen molar-refractivity contribution < 1.29 is 9.13 Å². The van der Waals surface area contributed by atoms with E-state index in [1.807, 2.05) is 0 Å². The predicted octanol–water partition coefficient (Wildman–Crippen LogP) is 2.69. The Hall–Kier alpha value is -1.00. The molecule has 1 fully saturated rings. The average Bonchev–Trinajstić information content (AvgIpc) is 2.89. The van der Waals surface area contributed by atoms with Crippen LogP contribution in [0, 0.1) is 11.7 Å². The first-order valence-corrected chi connectivity index (χ1v) is 6.72. The number of aromatic nitrogens is 1. The van der Waals surface area contributed by atoms with Crippen LogP contribution in [0.3, 0.4) is 0 Å². The molecule has 0 amide bonds. The molecule has 0 aliphatic carbocycles. The van der Waals surface area contributed by atoms with E-state index in [4.69, 9.17) is 4.74 Å². The van der Waals surface area contributed by atoms with Gasteiger partial charge in [0.1, 0.15) is 5.82 Å². The van der Waals surface area contributed by atoms with E-state index in [2.05, 4.69) is 17.2 Å². The Kier molecular flexibility index (Phi) is 5.08. The highest BCUT2D eigenvalue weighted by atomic mass is 19.1. The van der Waals surface area contributed by atoms with Crippen LogP contribution in [-0.4, -0.2) is 24.7 Å². The molecule has 2 heterocycles. The lowest BCUT2D eigenvalue weighted by atomic mass is 10.0. The summed E-state index contributed by atoms with van der Waals surface area (Å²) < 4.78 is 18.2. The predicted molar refractivity (Wildman–Crippen MR) is 68.8 cm³/mol. The molecule has 1 aliphatic rings. The second kappa shape index (κ2) is 6.81. The molecule has 0 spiro atoms. The molecule has 1 saturated heterocycles. The van der Waals surface area contributed by atoms with Gasteiger partial charge < -0.3 is 10.1 Å². The van der Waals surface area contributed by atoms with Crippen LogP contribution in [0.1, 0.15) is 37.9 Å². The Morgan fingerprint density at radius 3 is 3.06 bits per heavy atom. The van der Waals surface area contributed by atoms with E-state index in [0.29, 0.717) is 5.92 Å². The van der Waals surface area contributed by atoms with Crippen molar-refractivity contribution in [2.75, 3.05) is 19.8 Å². The normalized spacial score (nSPS) is 21.1. The van der Waals surface area contributed by atoms with Gasteiger partial charge in [-0.15, -0.1) is 0 Å². The molecule has 3 nitrogen and oxygen atoms in total. The quantitative estimate of drug-likeness (QED) is 0.845. The zero-order chi connectivity index (χ0) is 12.8. The summed E-state index contributed by atoms with van der Waals surface area (Å²) in [4.78, 5) is 4.14. The minimum absolute atomic E-state index is 0.216. The van der Waals surface area contributed by atoms with Gasteiger partial charge in [-0.2, -0.15) is 0 Å². The van der Waals surface area contributed by atoms with Gasteiger partial charge in [-0.05, 0) is 43.9 Å². The first-order chi connectivity index (χ1) is 8.79. The van der Waals surface area contributed by atoms with Crippen molar-refractivity contribution in [1.82, 2.24) is 10.3 Å². The summed E-state index contributed by atoms with van der Waals surface area (Å²) in [5.41, 5.74) is 0.918. The lowest BCUT2D eigenvalue weighted by Gasteiger charge is -2.17. The molecular formula is C14H21FN2O.